The van der Waals surface area contributed by atoms with Crippen molar-refractivity contribution in [2.24, 2.45) is 17.8 Å². The van der Waals surface area contributed by atoms with E-state index in [1.54, 1.807) is 36.4 Å². The van der Waals surface area contributed by atoms with Crippen LogP contribution in [0.4, 0.5) is 14.9 Å². The predicted octanol–water partition coefficient (Wildman–Crippen LogP) is 7.30. The third kappa shape index (κ3) is 4.85. The fourth-order valence-corrected chi connectivity index (χ4v) is 8.39. The summed E-state index contributed by atoms with van der Waals surface area (Å²) in [4.78, 5) is 40.5. The van der Waals surface area contributed by atoms with Crippen molar-refractivity contribution >= 4 is 45.5 Å². The average Bonchev–Trinajstić information content (AvgIpc) is 2.95. The van der Waals surface area contributed by atoms with Gasteiger partial charge in [0.25, 0.3) is 11.8 Å². The number of imide groups is 2. The van der Waals surface area contributed by atoms with Crippen LogP contribution < -0.4 is 15.0 Å². The lowest BCUT2D eigenvalue weighted by Gasteiger charge is -2.57. The first-order chi connectivity index (χ1) is 20.3. The van der Waals surface area contributed by atoms with Gasteiger partial charge in [-0.15, -0.1) is 0 Å². The molecule has 1 heterocycles. The lowest BCUT2D eigenvalue weighted by Crippen LogP contribution is -2.54. The maximum absolute atomic E-state index is 14.1. The maximum Gasteiger partial charge on any atom is 0.335 e. The highest BCUT2D eigenvalue weighted by molar-refractivity contribution is 9.10. The number of amides is 4. The first-order valence-electron chi connectivity index (χ1n) is 14.5. The Morgan fingerprint density at radius 3 is 2.26 bits per heavy atom. The van der Waals surface area contributed by atoms with Crippen molar-refractivity contribution in [3.8, 4) is 5.75 Å². The highest BCUT2D eigenvalue weighted by atomic mass is 79.9. The molecule has 4 saturated carbocycles. The number of benzene rings is 3. The van der Waals surface area contributed by atoms with E-state index in [4.69, 9.17) is 4.74 Å². The monoisotopic (exact) mass is 628 g/mol. The minimum atomic E-state index is -0.786. The molecule has 4 bridgehead atoms. The van der Waals surface area contributed by atoms with Gasteiger partial charge >= 0.3 is 6.03 Å². The number of hydrogen-bond acceptors (Lipinski definition) is 4. The Kier molecular flexibility index (Phi) is 6.76. The Morgan fingerprint density at radius 2 is 1.60 bits per heavy atom. The summed E-state index contributed by atoms with van der Waals surface area (Å²) in [6, 6.07) is 18.4. The Morgan fingerprint density at radius 1 is 0.929 bits per heavy atom. The van der Waals surface area contributed by atoms with E-state index in [0.717, 1.165) is 22.7 Å². The molecule has 0 spiro atoms. The Hall–Kier alpha value is -3.78. The van der Waals surface area contributed by atoms with E-state index in [2.05, 4.69) is 33.4 Å². The zero-order valence-corrected chi connectivity index (χ0v) is 24.5. The molecule has 1 N–H and O–H groups in total. The van der Waals surface area contributed by atoms with Crippen molar-refractivity contribution in [3.05, 3.63) is 99.3 Å². The lowest BCUT2D eigenvalue weighted by atomic mass is 9.48. The summed E-state index contributed by atoms with van der Waals surface area (Å²) in [5.74, 6) is 0.892. The van der Waals surface area contributed by atoms with E-state index in [1.165, 1.54) is 56.2 Å². The number of carbonyl (C=O) groups is 3. The fourth-order valence-electron chi connectivity index (χ4n) is 8.01. The van der Waals surface area contributed by atoms with Crippen LogP contribution in [-0.4, -0.2) is 17.8 Å². The molecule has 8 rings (SSSR count). The van der Waals surface area contributed by atoms with Crippen LogP contribution >= 0.6 is 15.9 Å². The second-order valence-electron chi connectivity index (χ2n) is 12.3. The maximum atomic E-state index is 14.1. The summed E-state index contributed by atoms with van der Waals surface area (Å²) in [5, 5.41) is 2.31. The largest absolute Gasteiger partial charge is 0.488 e. The molecule has 1 saturated heterocycles. The fraction of sp³-hybridized carbons (Fsp3) is 0.324. The lowest BCUT2D eigenvalue weighted by molar-refractivity contribution is -0.122. The molecule has 42 heavy (non-hydrogen) atoms. The topological polar surface area (TPSA) is 75.7 Å². The molecule has 214 valence electrons. The molecular weight excluding hydrogens is 599 g/mol. The van der Waals surface area contributed by atoms with Crippen LogP contribution in [-0.2, 0) is 21.6 Å². The minimum Gasteiger partial charge on any atom is -0.488 e. The van der Waals surface area contributed by atoms with E-state index in [9.17, 15) is 18.8 Å². The highest BCUT2D eigenvalue weighted by Gasteiger charge is 2.51. The third-order valence-corrected chi connectivity index (χ3v) is 9.98. The van der Waals surface area contributed by atoms with Crippen molar-refractivity contribution < 1.29 is 23.5 Å². The van der Waals surface area contributed by atoms with Crippen molar-refractivity contribution in [3.63, 3.8) is 0 Å². The molecule has 5 aliphatic rings. The van der Waals surface area contributed by atoms with E-state index in [0.29, 0.717) is 27.0 Å². The number of rotatable bonds is 6. The van der Waals surface area contributed by atoms with E-state index in [1.807, 2.05) is 12.1 Å². The van der Waals surface area contributed by atoms with E-state index >= 15 is 0 Å². The van der Waals surface area contributed by atoms with Gasteiger partial charge in [-0.1, -0.05) is 46.3 Å². The summed E-state index contributed by atoms with van der Waals surface area (Å²) >= 11 is 3.43. The van der Waals surface area contributed by atoms with Gasteiger partial charge in [0.1, 0.15) is 23.7 Å². The second kappa shape index (κ2) is 10.5. The quantitative estimate of drug-likeness (QED) is 0.229. The molecule has 3 aromatic carbocycles. The van der Waals surface area contributed by atoms with Crippen molar-refractivity contribution in [2.45, 2.75) is 50.5 Å². The number of anilines is 1. The van der Waals surface area contributed by atoms with Gasteiger partial charge in [-0.3, -0.25) is 14.9 Å². The molecule has 4 aliphatic carbocycles. The van der Waals surface area contributed by atoms with E-state index < -0.39 is 17.8 Å². The number of hydrogen-bond donors (Lipinski definition) is 1. The van der Waals surface area contributed by atoms with Crippen molar-refractivity contribution in [1.82, 2.24) is 5.32 Å². The SMILES string of the molecule is O=C1NC(=O)N(c2ccc(C34CC5CC(CC(C5)C3)C4)cc2)C(=O)/C1=C/c1cc(Br)ccc1OCc1ccccc1F. The number of urea groups is 1. The normalized spacial score (nSPS) is 27.5. The number of barbiturate groups is 1. The van der Waals surface area contributed by atoms with E-state index in [-0.39, 0.29) is 23.4 Å². The number of carbonyl (C=O) groups excluding carboxylic acids is 3. The minimum absolute atomic E-state index is 0.0364. The van der Waals surface area contributed by atoms with Crippen LogP contribution in [0, 0.1) is 23.6 Å². The molecular formula is C34H30BrFN2O4. The van der Waals surface area contributed by atoms with Gasteiger partial charge in [0.05, 0.1) is 5.69 Å². The zero-order chi connectivity index (χ0) is 29.0. The van der Waals surface area contributed by atoms with Crippen LogP contribution in [0.5, 0.6) is 5.75 Å². The van der Waals surface area contributed by atoms with Gasteiger partial charge in [0.15, 0.2) is 0 Å². The number of halogens is 2. The predicted molar refractivity (Wildman–Crippen MR) is 160 cm³/mol. The smallest absolute Gasteiger partial charge is 0.335 e. The van der Waals surface area contributed by atoms with Crippen LogP contribution in [0.1, 0.15) is 55.2 Å². The first-order valence-corrected chi connectivity index (χ1v) is 15.2. The Labute approximate surface area is 252 Å². The molecule has 0 radical (unpaired) electrons. The van der Waals surface area contributed by atoms with Crippen LogP contribution in [0.3, 0.4) is 0 Å². The molecule has 0 unspecified atom stereocenters. The highest BCUT2D eigenvalue weighted by Crippen LogP contribution is 2.60. The summed E-state index contributed by atoms with van der Waals surface area (Å²) in [5.41, 5.74) is 2.50. The summed E-state index contributed by atoms with van der Waals surface area (Å²) in [6.45, 7) is -0.0364. The van der Waals surface area contributed by atoms with Crippen molar-refractivity contribution in [1.29, 1.82) is 0 Å². The van der Waals surface area contributed by atoms with Crippen LogP contribution in [0.2, 0.25) is 0 Å². The molecule has 3 aromatic rings. The Balaban J connectivity index is 1.16. The number of nitrogens with zero attached hydrogens (tertiary/aromatic N) is 1. The molecule has 4 amide bonds. The van der Waals surface area contributed by atoms with Gasteiger partial charge in [-0.2, -0.15) is 0 Å². The molecule has 0 atom stereocenters. The number of ether oxygens (including phenoxy) is 1. The molecule has 0 aromatic heterocycles. The second-order valence-corrected chi connectivity index (χ2v) is 13.2. The molecule has 1 aliphatic heterocycles. The molecule has 8 heteroatoms. The van der Waals surface area contributed by atoms with Gasteiger partial charge < -0.3 is 4.74 Å². The zero-order valence-electron chi connectivity index (χ0n) is 22.9. The van der Waals surface area contributed by atoms with Gasteiger partial charge in [0.2, 0.25) is 0 Å². The summed E-state index contributed by atoms with van der Waals surface area (Å²) < 4.78 is 20.7. The Bertz CT molecular complexity index is 1600. The first kappa shape index (κ1) is 27.1. The molecule has 5 fully saturated rings. The van der Waals surface area contributed by atoms with Crippen LogP contribution in [0.15, 0.2) is 76.8 Å². The number of nitrogens with one attached hydrogen (secondary N) is 1. The average molecular weight is 630 g/mol. The van der Waals surface area contributed by atoms with Gasteiger partial charge in [0, 0.05) is 15.6 Å². The standard InChI is InChI=1S/C34H30BrFN2O4/c35-26-7-10-30(42-19-23-3-1-2-4-29(23)36)24(14-26)15-28-31(39)37-33(41)38(32(28)40)27-8-5-25(6-9-27)34-16-20-11-21(17-34)13-22(12-20)18-34/h1-10,14-15,20-22H,11-13,16-19H2,(H,37,39,41)/b28-15+. The van der Waals surface area contributed by atoms with Gasteiger partial charge in [-0.05, 0) is 110 Å². The van der Waals surface area contributed by atoms with Crippen molar-refractivity contribution in [2.75, 3.05) is 4.90 Å². The third-order valence-electron chi connectivity index (χ3n) is 9.49. The summed E-state index contributed by atoms with van der Waals surface area (Å²) in [7, 11) is 0. The summed E-state index contributed by atoms with van der Waals surface area (Å²) in [6.07, 6.45) is 9.14. The van der Waals surface area contributed by atoms with Crippen LogP contribution in [0.25, 0.3) is 6.08 Å². The van der Waals surface area contributed by atoms with Gasteiger partial charge in [-0.25, -0.2) is 14.1 Å². The molecule has 6 nitrogen and oxygen atoms in total.